The molecule has 0 radical (unpaired) electrons. The first-order chi connectivity index (χ1) is 9.93. The lowest BCUT2D eigenvalue weighted by atomic mass is 10.1. The van der Waals surface area contributed by atoms with Gasteiger partial charge in [0.25, 0.3) is 5.89 Å². The fraction of sp³-hybridized carbons (Fsp3) is 0.0769. The van der Waals surface area contributed by atoms with Crippen molar-refractivity contribution in [2.75, 3.05) is 5.73 Å². The van der Waals surface area contributed by atoms with Crippen LogP contribution in [0.5, 0.6) is 0 Å². The minimum Gasteiger partial charge on any atom is -0.399 e. The van der Waals surface area contributed by atoms with E-state index < -0.39 is 11.7 Å². The van der Waals surface area contributed by atoms with Gasteiger partial charge in [0, 0.05) is 22.2 Å². The molecule has 108 valence electrons. The third-order valence-corrected chi connectivity index (χ3v) is 3.42. The summed E-state index contributed by atoms with van der Waals surface area (Å²) in [7, 11) is 0. The number of nitrogens with two attached hydrogens (primary N) is 1. The molecule has 0 fully saturated rings. The molecule has 3 rings (SSSR count). The van der Waals surface area contributed by atoms with Crippen molar-refractivity contribution in [3.05, 3.63) is 40.6 Å². The van der Waals surface area contributed by atoms with Crippen LogP contribution in [-0.4, -0.2) is 10.1 Å². The fourth-order valence-electron chi connectivity index (χ4n) is 1.79. The van der Waals surface area contributed by atoms with Crippen LogP contribution in [0.15, 0.2) is 39.5 Å². The molecule has 3 aromatic rings. The van der Waals surface area contributed by atoms with Gasteiger partial charge in [0.05, 0.1) is 5.56 Å². The van der Waals surface area contributed by atoms with Crippen molar-refractivity contribution in [2.45, 2.75) is 6.18 Å². The summed E-state index contributed by atoms with van der Waals surface area (Å²) in [4.78, 5) is 4.09. The van der Waals surface area contributed by atoms with Crippen LogP contribution in [0, 0.1) is 0 Å². The highest BCUT2D eigenvalue weighted by molar-refractivity contribution is 7.08. The van der Waals surface area contributed by atoms with Crippen LogP contribution < -0.4 is 5.73 Å². The zero-order valence-corrected chi connectivity index (χ0v) is 11.2. The Morgan fingerprint density at radius 2 is 1.95 bits per heavy atom. The summed E-state index contributed by atoms with van der Waals surface area (Å²) in [6, 6.07) is 4.95. The van der Waals surface area contributed by atoms with E-state index in [0.29, 0.717) is 5.82 Å². The highest BCUT2D eigenvalue weighted by Gasteiger charge is 2.31. The Hall–Kier alpha value is -2.35. The molecule has 4 nitrogen and oxygen atoms in total. The third kappa shape index (κ3) is 2.75. The van der Waals surface area contributed by atoms with Gasteiger partial charge in [-0.05, 0) is 29.6 Å². The van der Waals surface area contributed by atoms with E-state index in [-0.39, 0.29) is 17.1 Å². The van der Waals surface area contributed by atoms with E-state index in [1.807, 2.05) is 10.8 Å². The second-order valence-corrected chi connectivity index (χ2v) is 5.06. The fourth-order valence-corrected chi connectivity index (χ4v) is 2.42. The highest BCUT2D eigenvalue weighted by Crippen LogP contribution is 2.34. The Morgan fingerprint density at radius 1 is 1.14 bits per heavy atom. The Balaban J connectivity index is 2.03. The molecular weight excluding hydrogens is 303 g/mol. The molecule has 2 heterocycles. The highest BCUT2D eigenvalue weighted by atomic mass is 32.1. The molecule has 2 aromatic heterocycles. The van der Waals surface area contributed by atoms with Crippen LogP contribution in [0.4, 0.5) is 18.9 Å². The number of nitrogen functional groups attached to an aromatic ring is 1. The van der Waals surface area contributed by atoms with Crippen molar-refractivity contribution in [2.24, 2.45) is 0 Å². The zero-order chi connectivity index (χ0) is 15.0. The van der Waals surface area contributed by atoms with Crippen molar-refractivity contribution in [1.82, 2.24) is 10.1 Å². The summed E-state index contributed by atoms with van der Waals surface area (Å²) in [5.41, 5.74) is 5.52. The first kappa shape index (κ1) is 13.6. The largest absolute Gasteiger partial charge is 0.416 e. The Kier molecular flexibility index (Phi) is 3.17. The third-order valence-electron chi connectivity index (χ3n) is 2.74. The number of anilines is 1. The van der Waals surface area contributed by atoms with Gasteiger partial charge >= 0.3 is 6.18 Å². The lowest BCUT2D eigenvalue weighted by molar-refractivity contribution is -0.137. The van der Waals surface area contributed by atoms with Gasteiger partial charge in [-0.3, -0.25) is 0 Å². The van der Waals surface area contributed by atoms with E-state index in [0.717, 1.165) is 17.7 Å². The Morgan fingerprint density at radius 3 is 2.62 bits per heavy atom. The van der Waals surface area contributed by atoms with E-state index in [1.165, 1.54) is 17.4 Å². The molecule has 0 spiro atoms. The van der Waals surface area contributed by atoms with Gasteiger partial charge in [0.2, 0.25) is 5.82 Å². The maximum atomic E-state index is 12.8. The topological polar surface area (TPSA) is 64.9 Å². The molecule has 0 unspecified atom stereocenters. The monoisotopic (exact) mass is 311 g/mol. The van der Waals surface area contributed by atoms with Gasteiger partial charge in [-0.25, -0.2) is 0 Å². The number of benzene rings is 1. The summed E-state index contributed by atoms with van der Waals surface area (Å²) in [6.45, 7) is 0. The summed E-state index contributed by atoms with van der Waals surface area (Å²) < 4.78 is 43.3. The number of hydrogen-bond donors (Lipinski definition) is 1. The van der Waals surface area contributed by atoms with E-state index in [4.69, 9.17) is 10.3 Å². The second kappa shape index (κ2) is 4.88. The number of hydrogen-bond acceptors (Lipinski definition) is 5. The molecule has 1 aromatic carbocycles. The molecule has 0 saturated carbocycles. The molecule has 8 heteroatoms. The summed E-state index contributed by atoms with van der Waals surface area (Å²) in [5, 5.41) is 7.41. The average Bonchev–Trinajstić information content (AvgIpc) is 3.08. The Bertz CT molecular complexity index is 765. The normalized spacial score (nSPS) is 11.8. The first-order valence-corrected chi connectivity index (χ1v) is 6.72. The van der Waals surface area contributed by atoms with Gasteiger partial charge in [-0.2, -0.15) is 29.5 Å². The second-order valence-electron chi connectivity index (χ2n) is 4.28. The number of halogens is 3. The molecule has 0 bridgehead atoms. The number of alkyl halides is 3. The zero-order valence-electron chi connectivity index (χ0n) is 10.4. The van der Waals surface area contributed by atoms with Crippen LogP contribution in [0.25, 0.3) is 22.8 Å². The smallest absolute Gasteiger partial charge is 0.399 e. The van der Waals surface area contributed by atoms with Crippen LogP contribution in [-0.2, 0) is 6.18 Å². The van der Waals surface area contributed by atoms with Crippen molar-refractivity contribution in [3.8, 4) is 22.8 Å². The molecule has 0 amide bonds. The lowest BCUT2D eigenvalue weighted by Crippen LogP contribution is -2.06. The molecule has 21 heavy (non-hydrogen) atoms. The minimum absolute atomic E-state index is 0.00556. The first-order valence-electron chi connectivity index (χ1n) is 5.78. The maximum absolute atomic E-state index is 12.8. The molecule has 2 N–H and O–H groups in total. The predicted molar refractivity (Wildman–Crippen MR) is 72.5 cm³/mol. The maximum Gasteiger partial charge on any atom is 0.416 e. The number of aromatic nitrogens is 2. The van der Waals surface area contributed by atoms with E-state index >= 15 is 0 Å². The SMILES string of the molecule is Nc1cc(-c2nc(-c3ccsc3)no2)cc(C(F)(F)F)c1. The quantitative estimate of drug-likeness (QED) is 0.725. The predicted octanol–water partition coefficient (Wildman–Crippen LogP) is 4.07. The van der Waals surface area contributed by atoms with Crippen molar-refractivity contribution in [3.63, 3.8) is 0 Å². The lowest BCUT2D eigenvalue weighted by Gasteiger charge is -2.08. The van der Waals surface area contributed by atoms with E-state index in [9.17, 15) is 13.2 Å². The van der Waals surface area contributed by atoms with Crippen molar-refractivity contribution >= 4 is 17.0 Å². The molecule has 0 saturated heterocycles. The molecule has 0 aliphatic carbocycles. The molecule has 0 aliphatic rings. The van der Waals surface area contributed by atoms with Crippen molar-refractivity contribution < 1.29 is 17.7 Å². The van der Waals surface area contributed by atoms with E-state index in [1.54, 1.807) is 6.07 Å². The molecular formula is C13H8F3N3OS. The van der Waals surface area contributed by atoms with Gasteiger partial charge in [0.1, 0.15) is 0 Å². The Labute approximate surface area is 121 Å². The summed E-state index contributed by atoms with van der Waals surface area (Å²) in [6.07, 6.45) is -4.49. The number of thiophene rings is 1. The summed E-state index contributed by atoms with van der Waals surface area (Å²) >= 11 is 1.46. The average molecular weight is 311 g/mol. The van der Waals surface area contributed by atoms with Gasteiger partial charge in [-0.1, -0.05) is 5.16 Å². The minimum atomic E-state index is -4.49. The molecule has 0 aliphatic heterocycles. The number of nitrogens with zero attached hydrogens (tertiary/aromatic N) is 2. The molecule has 0 atom stereocenters. The van der Waals surface area contributed by atoms with Crippen LogP contribution in [0.2, 0.25) is 0 Å². The van der Waals surface area contributed by atoms with Gasteiger partial charge < -0.3 is 10.3 Å². The van der Waals surface area contributed by atoms with Crippen LogP contribution >= 0.6 is 11.3 Å². The summed E-state index contributed by atoms with van der Waals surface area (Å²) in [5.74, 6) is 0.316. The van der Waals surface area contributed by atoms with Crippen LogP contribution in [0.1, 0.15) is 5.56 Å². The number of rotatable bonds is 2. The van der Waals surface area contributed by atoms with Crippen molar-refractivity contribution in [1.29, 1.82) is 0 Å². The standard InChI is InChI=1S/C13H8F3N3OS/c14-13(15,16)9-3-8(4-10(17)5-9)12-18-11(19-20-12)7-1-2-21-6-7/h1-6H,17H2. The van der Waals surface area contributed by atoms with E-state index in [2.05, 4.69) is 10.1 Å². The van der Waals surface area contributed by atoms with Gasteiger partial charge in [-0.15, -0.1) is 0 Å². The van der Waals surface area contributed by atoms with Gasteiger partial charge in [0.15, 0.2) is 0 Å². The van der Waals surface area contributed by atoms with Crippen LogP contribution in [0.3, 0.4) is 0 Å².